The Labute approximate surface area is 183 Å². The molecule has 3 heterocycles. The van der Waals surface area contributed by atoms with E-state index in [1.807, 2.05) is 4.90 Å². The van der Waals surface area contributed by atoms with E-state index in [1.165, 1.54) is 24.5 Å². The van der Waals surface area contributed by atoms with Gasteiger partial charge in [0.2, 0.25) is 5.95 Å². The SMILES string of the molecule is N#CCC1(NC(=O)c2cn[nH]c2Nc2ccc(F)cc2)CCN(c2cccnc2F)CC1. The molecule has 1 amide bonds. The number of benzene rings is 1. The average molecular weight is 437 g/mol. The van der Waals surface area contributed by atoms with Crippen molar-refractivity contribution < 1.29 is 13.6 Å². The van der Waals surface area contributed by atoms with Gasteiger partial charge in [0.05, 0.1) is 29.9 Å². The molecular weight excluding hydrogens is 416 g/mol. The Bertz CT molecular complexity index is 1130. The van der Waals surface area contributed by atoms with Gasteiger partial charge in [-0.05, 0) is 49.2 Å². The number of carbonyl (C=O) groups excluding carboxylic acids is 1. The monoisotopic (exact) mass is 437 g/mol. The number of piperidine rings is 1. The molecule has 3 aromatic rings. The summed E-state index contributed by atoms with van der Waals surface area (Å²) in [6, 6.07) is 11.2. The molecule has 0 atom stereocenters. The summed E-state index contributed by atoms with van der Waals surface area (Å²) in [6.07, 6.45) is 3.85. The van der Waals surface area contributed by atoms with Crippen LogP contribution in [-0.4, -0.2) is 39.7 Å². The highest BCUT2D eigenvalue weighted by atomic mass is 19.1. The molecule has 4 rings (SSSR count). The summed E-state index contributed by atoms with van der Waals surface area (Å²) in [5.41, 5.74) is 0.520. The second kappa shape index (κ2) is 9.01. The van der Waals surface area contributed by atoms with E-state index < -0.39 is 11.5 Å². The second-order valence-electron chi connectivity index (χ2n) is 7.66. The molecule has 1 saturated heterocycles. The van der Waals surface area contributed by atoms with Crippen LogP contribution in [0.3, 0.4) is 0 Å². The van der Waals surface area contributed by atoms with E-state index in [-0.39, 0.29) is 23.7 Å². The highest BCUT2D eigenvalue weighted by Gasteiger charge is 2.37. The third kappa shape index (κ3) is 4.51. The van der Waals surface area contributed by atoms with Crippen molar-refractivity contribution in [1.29, 1.82) is 5.26 Å². The first-order chi connectivity index (χ1) is 15.5. The summed E-state index contributed by atoms with van der Waals surface area (Å²) in [5.74, 6) is -0.941. The Kier molecular flexibility index (Phi) is 5.98. The first-order valence-electron chi connectivity index (χ1n) is 10.1. The molecule has 10 heteroatoms. The van der Waals surface area contributed by atoms with Gasteiger partial charge in [-0.1, -0.05) is 0 Å². The zero-order chi connectivity index (χ0) is 22.6. The molecule has 3 N–H and O–H groups in total. The van der Waals surface area contributed by atoms with Crippen molar-refractivity contribution in [3.63, 3.8) is 0 Å². The average Bonchev–Trinajstić information content (AvgIpc) is 3.25. The number of carbonyl (C=O) groups is 1. The molecule has 32 heavy (non-hydrogen) atoms. The Hall–Kier alpha value is -4.00. The van der Waals surface area contributed by atoms with Crippen LogP contribution in [0.15, 0.2) is 48.8 Å². The molecule has 0 saturated carbocycles. The lowest BCUT2D eigenvalue weighted by Gasteiger charge is -2.42. The van der Waals surface area contributed by atoms with E-state index in [2.05, 4.69) is 31.9 Å². The third-order valence-electron chi connectivity index (χ3n) is 5.59. The van der Waals surface area contributed by atoms with E-state index in [0.29, 0.717) is 43.1 Å². The minimum absolute atomic E-state index is 0.126. The lowest BCUT2D eigenvalue weighted by Crippen LogP contribution is -2.55. The zero-order valence-corrected chi connectivity index (χ0v) is 17.1. The maximum absolute atomic E-state index is 14.0. The first kappa shape index (κ1) is 21.2. The molecule has 1 aliphatic rings. The number of pyridine rings is 1. The Morgan fingerprint density at radius 2 is 1.97 bits per heavy atom. The fraction of sp³-hybridized carbons (Fsp3) is 0.273. The van der Waals surface area contributed by atoms with Crippen molar-refractivity contribution in [2.45, 2.75) is 24.8 Å². The molecule has 1 aliphatic heterocycles. The van der Waals surface area contributed by atoms with Crippen molar-refractivity contribution >= 4 is 23.1 Å². The van der Waals surface area contributed by atoms with Gasteiger partial charge in [0.25, 0.3) is 5.91 Å². The van der Waals surface area contributed by atoms with Gasteiger partial charge < -0.3 is 15.5 Å². The number of aromatic amines is 1. The van der Waals surface area contributed by atoms with E-state index in [1.54, 1.807) is 24.3 Å². The smallest absolute Gasteiger partial charge is 0.257 e. The number of amides is 1. The van der Waals surface area contributed by atoms with Crippen LogP contribution < -0.4 is 15.5 Å². The Morgan fingerprint density at radius 1 is 1.22 bits per heavy atom. The van der Waals surface area contributed by atoms with Crippen LogP contribution >= 0.6 is 0 Å². The quantitative estimate of drug-likeness (QED) is 0.509. The number of hydrogen-bond acceptors (Lipinski definition) is 6. The zero-order valence-electron chi connectivity index (χ0n) is 17.1. The van der Waals surface area contributed by atoms with E-state index >= 15 is 0 Å². The number of nitrogens with zero attached hydrogens (tertiary/aromatic N) is 4. The minimum atomic E-state index is -0.745. The number of rotatable bonds is 6. The van der Waals surface area contributed by atoms with Crippen LogP contribution in [-0.2, 0) is 0 Å². The minimum Gasteiger partial charge on any atom is -0.368 e. The van der Waals surface area contributed by atoms with Gasteiger partial charge in [0.15, 0.2) is 0 Å². The summed E-state index contributed by atoms with van der Waals surface area (Å²) < 4.78 is 27.2. The third-order valence-corrected chi connectivity index (χ3v) is 5.59. The molecule has 0 unspecified atom stereocenters. The molecule has 0 aliphatic carbocycles. The summed E-state index contributed by atoms with van der Waals surface area (Å²) in [5, 5.41) is 22.1. The van der Waals surface area contributed by atoms with Gasteiger partial charge in [0, 0.05) is 25.0 Å². The highest BCUT2D eigenvalue weighted by Crippen LogP contribution is 2.30. The number of aromatic nitrogens is 3. The molecule has 0 spiro atoms. The largest absolute Gasteiger partial charge is 0.368 e. The topological polar surface area (TPSA) is 110 Å². The molecule has 1 aromatic carbocycles. The van der Waals surface area contributed by atoms with Crippen molar-refractivity contribution in [3.8, 4) is 6.07 Å². The fourth-order valence-corrected chi connectivity index (χ4v) is 3.83. The summed E-state index contributed by atoms with van der Waals surface area (Å²) >= 11 is 0. The molecule has 0 radical (unpaired) electrons. The van der Waals surface area contributed by atoms with E-state index in [4.69, 9.17) is 0 Å². The lowest BCUT2D eigenvalue weighted by atomic mass is 9.84. The van der Waals surface area contributed by atoms with Crippen LogP contribution in [0.1, 0.15) is 29.6 Å². The standard InChI is InChI=1S/C22H21F2N7O/c23-15-3-5-16(6-4-15)28-20-17(14-27-30-20)21(32)29-22(7-10-25)8-12-31(13-9-22)18-2-1-11-26-19(18)24/h1-6,11,14H,7-9,12-13H2,(H,29,32)(H2,27,28,30). The van der Waals surface area contributed by atoms with Crippen molar-refractivity contribution in [1.82, 2.24) is 20.5 Å². The number of nitrogens with one attached hydrogen (secondary N) is 3. The van der Waals surface area contributed by atoms with Crippen molar-refractivity contribution in [3.05, 3.63) is 66.1 Å². The number of halogens is 2. The number of nitriles is 1. The maximum atomic E-state index is 14.0. The molecule has 2 aromatic heterocycles. The van der Waals surface area contributed by atoms with Crippen LogP contribution in [0.4, 0.5) is 26.0 Å². The summed E-state index contributed by atoms with van der Waals surface area (Å²) in [7, 11) is 0. The van der Waals surface area contributed by atoms with Gasteiger partial charge in [-0.3, -0.25) is 9.89 Å². The number of anilines is 3. The molecule has 1 fully saturated rings. The van der Waals surface area contributed by atoms with Gasteiger partial charge in [0.1, 0.15) is 17.2 Å². The van der Waals surface area contributed by atoms with Gasteiger partial charge in [-0.15, -0.1) is 0 Å². The normalized spacial score (nSPS) is 15.1. The lowest BCUT2D eigenvalue weighted by molar-refractivity contribution is 0.0883. The van der Waals surface area contributed by atoms with E-state index in [0.717, 1.165) is 0 Å². The second-order valence-corrected chi connectivity index (χ2v) is 7.66. The van der Waals surface area contributed by atoms with Gasteiger partial charge >= 0.3 is 0 Å². The molecule has 164 valence electrons. The predicted molar refractivity (Wildman–Crippen MR) is 114 cm³/mol. The van der Waals surface area contributed by atoms with Crippen LogP contribution in [0.25, 0.3) is 0 Å². The molecule has 8 nitrogen and oxygen atoms in total. The van der Waals surface area contributed by atoms with Crippen LogP contribution in [0, 0.1) is 23.1 Å². The fourth-order valence-electron chi connectivity index (χ4n) is 3.83. The molecular formula is C22H21F2N7O. The van der Waals surface area contributed by atoms with Gasteiger partial charge in [-0.2, -0.15) is 14.8 Å². The van der Waals surface area contributed by atoms with Crippen LogP contribution in [0.2, 0.25) is 0 Å². The summed E-state index contributed by atoms with van der Waals surface area (Å²) in [6.45, 7) is 0.938. The highest BCUT2D eigenvalue weighted by molar-refractivity contribution is 5.99. The van der Waals surface area contributed by atoms with Crippen molar-refractivity contribution in [2.75, 3.05) is 23.3 Å². The van der Waals surface area contributed by atoms with Crippen LogP contribution in [0.5, 0.6) is 0 Å². The number of hydrogen-bond donors (Lipinski definition) is 3. The molecule has 0 bridgehead atoms. The number of H-pyrrole nitrogens is 1. The maximum Gasteiger partial charge on any atom is 0.257 e. The Balaban J connectivity index is 1.47. The first-order valence-corrected chi connectivity index (χ1v) is 10.1. The Morgan fingerprint density at radius 3 is 2.66 bits per heavy atom. The van der Waals surface area contributed by atoms with E-state index in [9.17, 15) is 18.8 Å². The summed E-state index contributed by atoms with van der Waals surface area (Å²) in [4.78, 5) is 18.6. The van der Waals surface area contributed by atoms with Gasteiger partial charge in [-0.25, -0.2) is 9.37 Å². The van der Waals surface area contributed by atoms with Crippen molar-refractivity contribution in [2.24, 2.45) is 0 Å². The predicted octanol–water partition coefficient (Wildman–Crippen LogP) is 3.51.